The van der Waals surface area contributed by atoms with Gasteiger partial charge in [-0.2, -0.15) is 0 Å². The maximum absolute atomic E-state index is 13.1. The van der Waals surface area contributed by atoms with Crippen molar-refractivity contribution in [1.29, 1.82) is 0 Å². The Balaban J connectivity index is 2.73. The number of benzene rings is 1. The van der Waals surface area contributed by atoms with Crippen LogP contribution in [0.1, 0.15) is 12.5 Å². The molecule has 0 aromatic heterocycles. The first-order valence-corrected chi connectivity index (χ1v) is 5.05. The molecule has 0 spiro atoms. The van der Waals surface area contributed by atoms with E-state index in [9.17, 15) is 4.39 Å². The molecule has 72 valence electrons. The second kappa shape index (κ2) is 4.72. The lowest BCUT2D eigenvalue weighted by Gasteiger charge is -2.13. The van der Waals surface area contributed by atoms with E-state index >= 15 is 0 Å². The fourth-order valence-corrected chi connectivity index (χ4v) is 1.31. The summed E-state index contributed by atoms with van der Waals surface area (Å²) in [7, 11) is 2.01. The molecule has 0 saturated heterocycles. The number of nitrogens with zero attached hydrogens (tertiary/aromatic N) is 1. The lowest BCUT2D eigenvalue weighted by molar-refractivity contribution is 0.345. The summed E-state index contributed by atoms with van der Waals surface area (Å²) in [6.07, 6.45) is 0. The summed E-state index contributed by atoms with van der Waals surface area (Å²) in [6.45, 7) is 3.84. The first kappa shape index (κ1) is 10.7. The highest BCUT2D eigenvalue weighted by atomic mass is 79.9. The monoisotopic (exact) mass is 245 g/mol. The molecule has 0 saturated carbocycles. The Morgan fingerprint density at radius 2 is 2.15 bits per heavy atom. The highest BCUT2D eigenvalue weighted by Crippen LogP contribution is 2.16. The van der Waals surface area contributed by atoms with Crippen molar-refractivity contribution in [2.24, 2.45) is 0 Å². The Labute approximate surface area is 86.7 Å². The van der Waals surface area contributed by atoms with Gasteiger partial charge in [0.2, 0.25) is 0 Å². The summed E-state index contributed by atoms with van der Waals surface area (Å²) in [5.41, 5.74) is 1.00. The molecule has 0 fully saturated rings. The minimum absolute atomic E-state index is 0.193. The lowest BCUT2D eigenvalue weighted by atomic mass is 10.2. The van der Waals surface area contributed by atoms with Crippen molar-refractivity contribution in [2.75, 3.05) is 13.6 Å². The first-order valence-electron chi connectivity index (χ1n) is 4.26. The molecular weight excluding hydrogens is 233 g/mol. The fourth-order valence-electron chi connectivity index (χ4n) is 1.06. The average Bonchev–Trinajstić information content (AvgIpc) is 2.11. The number of rotatable bonds is 3. The second-order valence-electron chi connectivity index (χ2n) is 3.08. The summed E-state index contributed by atoms with van der Waals surface area (Å²) >= 11 is 3.12. The van der Waals surface area contributed by atoms with E-state index in [4.69, 9.17) is 0 Å². The molecule has 0 unspecified atom stereocenters. The van der Waals surface area contributed by atoms with Crippen LogP contribution >= 0.6 is 15.9 Å². The van der Waals surface area contributed by atoms with Gasteiger partial charge < -0.3 is 4.90 Å². The van der Waals surface area contributed by atoms with Crippen molar-refractivity contribution in [1.82, 2.24) is 4.90 Å². The van der Waals surface area contributed by atoms with Crippen LogP contribution in [0.4, 0.5) is 4.39 Å². The second-order valence-corrected chi connectivity index (χ2v) is 3.93. The van der Waals surface area contributed by atoms with Crippen LogP contribution in [0.3, 0.4) is 0 Å². The van der Waals surface area contributed by atoms with Crippen molar-refractivity contribution in [3.05, 3.63) is 34.1 Å². The van der Waals surface area contributed by atoms with Gasteiger partial charge in [-0.1, -0.05) is 13.0 Å². The Bertz CT molecular complexity index is 288. The molecule has 13 heavy (non-hydrogen) atoms. The fraction of sp³-hybridized carbons (Fsp3) is 0.400. The Morgan fingerprint density at radius 3 is 2.69 bits per heavy atom. The van der Waals surface area contributed by atoms with Crippen LogP contribution in [0, 0.1) is 5.82 Å². The van der Waals surface area contributed by atoms with E-state index in [1.165, 1.54) is 0 Å². The molecule has 0 atom stereocenters. The maximum atomic E-state index is 13.1. The van der Waals surface area contributed by atoms with Gasteiger partial charge in [0.1, 0.15) is 5.82 Å². The standard InChI is InChI=1S/C10H13BrFN/c1-3-13(2)7-8-4-5-9(11)10(12)6-8/h4-6H,3,7H2,1-2H3. The Hall–Kier alpha value is -0.410. The highest BCUT2D eigenvalue weighted by Gasteiger charge is 2.02. The lowest BCUT2D eigenvalue weighted by Crippen LogP contribution is -2.16. The summed E-state index contributed by atoms with van der Waals surface area (Å²) in [5.74, 6) is -0.193. The van der Waals surface area contributed by atoms with Gasteiger partial charge in [-0.25, -0.2) is 4.39 Å². The summed E-state index contributed by atoms with van der Waals surface area (Å²) < 4.78 is 13.6. The van der Waals surface area contributed by atoms with E-state index < -0.39 is 0 Å². The topological polar surface area (TPSA) is 3.24 Å². The average molecular weight is 246 g/mol. The van der Waals surface area contributed by atoms with Gasteiger partial charge in [-0.05, 0) is 47.2 Å². The molecule has 1 aromatic rings. The van der Waals surface area contributed by atoms with Crippen LogP contribution in [0.15, 0.2) is 22.7 Å². The van der Waals surface area contributed by atoms with Gasteiger partial charge >= 0.3 is 0 Å². The van der Waals surface area contributed by atoms with E-state index in [0.717, 1.165) is 18.7 Å². The number of halogens is 2. The first-order chi connectivity index (χ1) is 6.13. The summed E-state index contributed by atoms with van der Waals surface area (Å²) in [6, 6.07) is 5.24. The molecule has 1 nitrogen and oxygen atoms in total. The van der Waals surface area contributed by atoms with Crippen LogP contribution in [-0.2, 0) is 6.54 Å². The molecule has 0 amide bonds. The number of hydrogen-bond acceptors (Lipinski definition) is 1. The van der Waals surface area contributed by atoms with Crippen molar-refractivity contribution < 1.29 is 4.39 Å². The van der Waals surface area contributed by atoms with Crippen molar-refractivity contribution in [2.45, 2.75) is 13.5 Å². The van der Waals surface area contributed by atoms with E-state index in [2.05, 4.69) is 27.8 Å². The van der Waals surface area contributed by atoms with Crippen molar-refractivity contribution >= 4 is 15.9 Å². The zero-order valence-corrected chi connectivity index (χ0v) is 9.44. The largest absolute Gasteiger partial charge is 0.302 e. The zero-order chi connectivity index (χ0) is 9.84. The SMILES string of the molecule is CCN(C)Cc1ccc(Br)c(F)c1. The molecule has 0 aliphatic carbocycles. The van der Waals surface area contributed by atoms with E-state index in [0.29, 0.717) is 4.47 Å². The van der Waals surface area contributed by atoms with Gasteiger partial charge in [0, 0.05) is 6.54 Å². The minimum Gasteiger partial charge on any atom is -0.302 e. The predicted octanol–water partition coefficient (Wildman–Crippen LogP) is 3.04. The third-order valence-corrected chi connectivity index (χ3v) is 2.62. The van der Waals surface area contributed by atoms with Crippen LogP contribution in [-0.4, -0.2) is 18.5 Å². The van der Waals surface area contributed by atoms with Crippen LogP contribution in [0.25, 0.3) is 0 Å². The van der Waals surface area contributed by atoms with Crippen LogP contribution < -0.4 is 0 Å². The van der Waals surface area contributed by atoms with Crippen molar-refractivity contribution in [3.8, 4) is 0 Å². The molecule has 0 aliphatic rings. The molecule has 0 aliphatic heterocycles. The molecule has 0 N–H and O–H groups in total. The van der Waals surface area contributed by atoms with Crippen LogP contribution in [0.2, 0.25) is 0 Å². The normalized spacial score (nSPS) is 10.8. The quantitative estimate of drug-likeness (QED) is 0.792. The predicted molar refractivity (Wildman–Crippen MR) is 56.1 cm³/mol. The highest BCUT2D eigenvalue weighted by molar-refractivity contribution is 9.10. The summed E-state index contributed by atoms with van der Waals surface area (Å²) in [4.78, 5) is 2.13. The van der Waals surface area contributed by atoms with Gasteiger partial charge in [-0.15, -0.1) is 0 Å². The molecule has 3 heteroatoms. The third kappa shape index (κ3) is 3.08. The zero-order valence-electron chi connectivity index (χ0n) is 7.85. The van der Waals surface area contributed by atoms with Gasteiger partial charge in [0.05, 0.1) is 4.47 Å². The molecule has 1 rings (SSSR count). The molecule has 1 aromatic carbocycles. The van der Waals surface area contributed by atoms with E-state index in [1.807, 2.05) is 13.1 Å². The molecule has 0 radical (unpaired) electrons. The van der Waals surface area contributed by atoms with Gasteiger partial charge in [0.15, 0.2) is 0 Å². The Morgan fingerprint density at radius 1 is 1.46 bits per heavy atom. The summed E-state index contributed by atoms with van der Waals surface area (Å²) in [5, 5.41) is 0. The van der Waals surface area contributed by atoms with E-state index in [-0.39, 0.29) is 5.82 Å². The maximum Gasteiger partial charge on any atom is 0.137 e. The molecule has 0 bridgehead atoms. The smallest absolute Gasteiger partial charge is 0.137 e. The van der Waals surface area contributed by atoms with E-state index in [1.54, 1.807) is 12.1 Å². The molecular formula is C10H13BrFN. The van der Waals surface area contributed by atoms with Crippen LogP contribution in [0.5, 0.6) is 0 Å². The molecule has 0 heterocycles. The Kier molecular flexibility index (Phi) is 3.88. The number of hydrogen-bond donors (Lipinski definition) is 0. The minimum atomic E-state index is -0.193. The van der Waals surface area contributed by atoms with Gasteiger partial charge in [0.25, 0.3) is 0 Å². The van der Waals surface area contributed by atoms with Gasteiger partial charge in [-0.3, -0.25) is 0 Å². The third-order valence-electron chi connectivity index (χ3n) is 1.98. The van der Waals surface area contributed by atoms with Crippen molar-refractivity contribution in [3.63, 3.8) is 0 Å².